The van der Waals surface area contributed by atoms with Crippen LogP contribution < -0.4 is 11.4 Å². The van der Waals surface area contributed by atoms with Crippen molar-refractivity contribution in [3.05, 3.63) is 21.0 Å². The molecule has 3 aliphatic heterocycles. The summed E-state index contributed by atoms with van der Waals surface area (Å²) in [5.41, 5.74) is -0.107. The first-order valence-corrected chi connectivity index (χ1v) is 8.81. The van der Waals surface area contributed by atoms with E-state index in [4.69, 9.17) is 0 Å². The summed E-state index contributed by atoms with van der Waals surface area (Å²) in [4.78, 5) is 24.8. The molecule has 1 aromatic rings. The molecule has 0 radical (unpaired) electrons. The van der Waals surface area contributed by atoms with E-state index in [9.17, 15) is 13.8 Å². The third kappa shape index (κ3) is 0.484. The summed E-state index contributed by atoms with van der Waals surface area (Å²) in [6, 6.07) is 0.334. The van der Waals surface area contributed by atoms with E-state index >= 15 is 0 Å². The van der Waals surface area contributed by atoms with Gasteiger partial charge in [-0.1, -0.05) is 0 Å². The van der Waals surface area contributed by atoms with E-state index in [1.165, 1.54) is 4.57 Å². The third-order valence-electron chi connectivity index (χ3n) is 8.03. The molecular weight excluding hydrogens is 278 g/mol. The van der Waals surface area contributed by atoms with Crippen LogP contribution in [-0.4, -0.2) is 29.6 Å². The van der Waals surface area contributed by atoms with Gasteiger partial charge in [0.25, 0.3) is 0 Å². The lowest BCUT2D eigenvalue weighted by molar-refractivity contribution is -0.533. The van der Waals surface area contributed by atoms with Crippen LogP contribution >= 0.6 is 0 Å². The van der Waals surface area contributed by atoms with Crippen molar-refractivity contribution in [1.29, 1.82) is 0 Å². The molecule has 7 aliphatic rings. The van der Waals surface area contributed by atoms with Gasteiger partial charge in [-0.25, -0.2) is 23.5 Å². The average molecular weight is 291 g/mol. The van der Waals surface area contributed by atoms with Gasteiger partial charge in [-0.3, -0.25) is 4.21 Å². The molecule has 1 aromatic heterocycles. The Kier molecular flexibility index (Phi) is 1.04. The Labute approximate surface area is 115 Å². The molecule has 4 saturated carbocycles. The van der Waals surface area contributed by atoms with Gasteiger partial charge in [0.15, 0.2) is 0 Å². The number of nitrogens with zero attached hydrogens (tertiary/aromatic N) is 3. The smallest absolute Gasteiger partial charge is 0.260 e. The van der Waals surface area contributed by atoms with Gasteiger partial charge in [0.05, 0.1) is 12.1 Å². The van der Waals surface area contributed by atoms with Gasteiger partial charge in [0, 0.05) is 40.2 Å². The molecular formula is C13H13N3O3S. The van der Waals surface area contributed by atoms with E-state index < -0.39 is 10.8 Å². The van der Waals surface area contributed by atoms with Crippen LogP contribution in [0.5, 0.6) is 0 Å². The summed E-state index contributed by atoms with van der Waals surface area (Å²) in [7, 11) is 0.824. The minimum Gasteiger partial charge on any atom is -0.260 e. The summed E-state index contributed by atoms with van der Waals surface area (Å²) >= 11 is 0. The van der Waals surface area contributed by atoms with Crippen LogP contribution in [0.15, 0.2) is 9.59 Å². The van der Waals surface area contributed by atoms with Crippen molar-refractivity contribution in [2.45, 2.75) is 12.1 Å². The molecule has 104 valence electrons. The predicted molar refractivity (Wildman–Crippen MR) is 68.7 cm³/mol. The lowest BCUT2D eigenvalue weighted by Gasteiger charge is -2.99. The SMILES string of the molecule is Cn1c(=O)n2n(c1=O)[C@H]1[C@@H]3[C@@H]4[C@@H]5[C@@H]3[C@@]13CS(=O)C[C@@]53[C@H]42. The fraction of sp³-hybridized carbons (Fsp3) is 0.846. The molecule has 0 aromatic carbocycles. The van der Waals surface area contributed by atoms with E-state index in [-0.39, 0.29) is 34.3 Å². The average Bonchev–Trinajstić information content (AvgIpc) is 2.81. The maximum absolute atomic E-state index is 12.4. The van der Waals surface area contributed by atoms with Crippen molar-refractivity contribution < 1.29 is 4.21 Å². The highest BCUT2D eigenvalue weighted by Crippen LogP contribution is 3.03. The molecule has 2 bridgehead atoms. The first kappa shape index (κ1) is 9.76. The minimum absolute atomic E-state index is 0.115. The molecule has 5 fully saturated rings. The van der Waals surface area contributed by atoms with Gasteiger partial charge in [0.2, 0.25) is 0 Å². The third-order valence-corrected chi connectivity index (χ3v) is 9.63. The van der Waals surface area contributed by atoms with Gasteiger partial charge in [-0.15, -0.1) is 0 Å². The fourth-order valence-electron chi connectivity index (χ4n) is 7.93. The number of rotatable bonds is 0. The van der Waals surface area contributed by atoms with Crippen molar-refractivity contribution >= 4 is 10.8 Å². The maximum atomic E-state index is 12.4. The highest BCUT2D eigenvalue weighted by molar-refractivity contribution is 7.85. The zero-order chi connectivity index (χ0) is 13.3. The predicted octanol–water partition coefficient (Wildman–Crippen LogP) is -1.30. The van der Waals surface area contributed by atoms with Gasteiger partial charge >= 0.3 is 11.4 Å². The Morgan fingerprint density at radius 2 is 1.45 bits per heavy atom. The Morgan fingerprint density at radius 3 is 1.90 bits per heavy atom. The zero-order valence-corrected chi connectivity index (χ0v) is 11.7. The molecule has 8 atom stereocenters. The molecule has 2 spiro atoms. The maximum Gasteiger partial charge on any atom is 0.347 e. The van der Waals surface area contributed by atoms with Crippen molar-refractivity contribution in [3.63, 3.8) is 0 Å². The van der Waals surface area contributed by atoms with E-state index in [1.807, 2.05) is 0 Å². The van der Waals surface area contributed by atoms with Crippen LogP contribution in [0.4, 0.5) is 0 Å². The van der Waals surface area contributed by atoms with Crippen molar-refractivity contribution in [2.24, 2.45) is 41.5 Å². The highest BCUT2D eigenvalue weighted by atomic mass is 32.2. The molecule has 4 heterocycles. The summed E-state index contributed by atoms with van der Waals surface area (Å²) in [5, 5.41) is 0. The van der Waals surface area contributed by atoms with Crippen LogP contribution in [0.1, 0.15) is 12.1 Å². The highest BCUT2D eigenvalue weighted by Gasteiger charge is 3.04. The summed E-state index contributed by atoms with van der Waals surface area (Å²) in [5.74, 6) is 4.18. The summed E-state index contributed by atoms with van der Waals surface area (Å²) in [6.45, 7) is 0. The molecule has 0 unspecified atom stereocenters. The van der Waals surface area contributed by atoms with E-state index in [0.29, 0.717) is 11.8 Å². The lowest BCUT2D eigenvalue weighted by atomic mass is 9.06. The number of hydrogen-bond acceptors (Lipinski definition) is 3. The Morgan fingerprint density at radius 1 is 1.00 bits per heavy atom. The number of aromatic nitrogens is 3. The second-order valence-electron chi connectivity index (χ2n) is 7.72. The van der Waals surface area contributed by atoms with E-state index in [1.54, 1.807) is 16.4 Å². The Hall–Kier alpha value is -1.11. The van der Waals surface area contributed by atoms with Crippen LogP contribution in [0.3, 0.4) is 0 Å². The van der Waals surface area contributed by atoms with Gasteiger partial charge in [0.1, 0.15) is 0 Å². The van der Waals surface area contributed by atoms with Crippen LogP contribution in [0.2, 0.25) is 0 Å². The normalized spacial score (nSPS) is 61.6. The first-order valence-electron chi connectivity index (χ1n) is 7.32. The quantitative estimate of drug-likeness (QED) is 0.597. The first-order chi connectivity index (χ1) is 9.57. The topological polar surface area (TPSA) is 66.0 Å². The van der Waals surface area contributed by atoms with E-state index in [2.05, 4.69) is 0 Å². The summed E-state index contributed by atoms with van der Waals surface area (Å²) in [6.07, 6.45) is 0. The second kappa shape index (κ2) is 2.14. The van der Waals surface area contributed by atoms with Crippen molar-refractivity contribution in [1.82, 2.24) is 13.9 Å². The molecule has 1 saturated heterocycles. The Balaban J connectivity index is 1.67. The fourth-order valence-corrected chi connectivity index (χ4v) is 10.4. The Bertz CT molecular complexity index is 841. The van der Waals surface area contributed by atoms with Crippen molar-refractivity contribution in [3.8, 4) is 0 Å². The van der Waals surface area contributed by atoms with Crippen molar-refractivity contribution in [2.75, 3.05) is 11.5 Å². The van der Waals surface area contributed by atoms with Gasteiger partial charge in [-0.2, -0.15) is 0 Å². The molecule has 20 heavy (non-hydrogen) atoms. The van der Waals surface area contributed by atoms with Gasteiger partial charge in [-0.05, 0) is 23.7 Å². The molecule has 8 rings (SSSR count). The van der Waals surface area contributed by atoms with E-state index in [0.717, 1.165) is 23.3 Å². The molecule has 0 N–H and O–H groups in total. The summed E-state index contributed by atoms with van der Waals surface area (Å²) < 4.78 is 17.0. The minimum atomic E-state index is -0.755. The van der Waals surface area contributed by atoms with Gasteiger partial charge < -0.3 is 0 Å². The standard InChI is InChI=1S/C13H13N3O3S/c1-14-10(17)15-8-4-5-7-6(4)12(8)2-20(19)3-13(7,12)9(5)16(15)11(14)18/h4-9H,2-3H2,1H3/t4-,5-,6-,7-,8+,9+,12+,13+/m1/s1. The largest absolute Gasteiger partial charge is 0.347 e. The lowest BCUT2D eigenvalue weighted by Crippen LogP contribution is -3.00. The molecule has 7 heteroatoms. The second-order valence-corrected chi connectivity index (χ2v) is 9.18. The zero-order valence-electron chi connectivity index (χ0n) is 10.9. The molecule has 0 amide bonds. The van der Waals surface area contributed by atoms with Crippen LogP contribution in [0.25, 0.3) is 0 Å². The number of hydrogen-bond donors (Lipinski definition) is 0. The van der Waals surface area contributed by atoms with Crippen LogP contribution in [-0.2, 0) is 17.8 Å². The molecule has 6 nitrogen and oxygen atoms in total. The monoisotopic (exact) mass is 291 g/mol. The molecule has 4 aliphatic carbocycles. The van der Waals surface area contributed by atoms with Crippen LogP contribution in [0, 0.1) is 34.5 Å².